The van der Waals surface area contributed by atoms with E-state index in [1.54, 1.807) is 16.3 Å². The van der Waals surface area contributed by atoms with Gasteiger partial charge in [-0.05, 0) is 58.7 Å². The van der Waals surface area contributed by atoms with Gasteiger partial charge in [0.1, 0.15) is 0 Å². The van der Waals surface area contributed by atoms with Crippen molar-refractivity contribution in [3.05, 3.63) is 62.5 Å². The number of nitrogens with zero attached hydrogens (tertiary/aromatic N) is 2. The van der Waals surface area contributed by atoms with Crippen molar-refractivity contribution in [2.45, 2.75) is 12.1 Å². The summed E-state index contributed by atoms with van der Waals surface area (Å²) in [6.07, 6.45) is 0. The molecule has 0 aliphatic heterocycles. The molecule has 0 aliphatic carbocycles. The van der Waals surface area contributed by atoms with E-state index in [0.29, 0.717) is 5.39 Å². The summed E-state index contributed by atoms with van der Waals surface area (Å²) in [7, 11) is 0. The summed E-state index contributed by atoms with van der Waals surface area (Å²) in [5.74, 6) is 0.870. The number of thioether (sulfide) groups is 1. The Balaban J connectivity index is 2.37. The summed E-state index contributed by atoms with van der Waals surface area (Å²) in [4.78, 5) is 17.5. The van der Waals surface area contributed by atoms with Gasteiger partial charge in [-0.2, -0.15) is 0 Å². The molecule has 3 rings (SSSR count). The van der Waals surface area contributed by atoms with E-state index in [0.717, 1.165) is 25.7 Å². The van der Waals surface area contributed by atoms with E-state index in [-0.39, 0.29) is 5.56 Å². The maximum atomic E-state index is 12.9. The Morgan fingerprint density at radius 2 is 1.95 bits per heavy atom. The van der Waals surface area contributed by atoms with E-state index in [1.807, 2.05) is 48.5 Å². The first-order valence-electron chi connectivity index (χ1n) is 6.61. The fourth-order valence-corrected chi connectivity index (χ4v) is 3.40. The zero-order chi connectivity index (χ0) is 14.8. The van der Waals surface area contributed by atoms with E-state index in [9.17, 15) is 4.79 Å². The first-order valence-corrected chi connectivity index (χ1v) is 8.67. The topological polar surface area (TPSA) is 34.9 Å². The molecule has 0 saturated heterocycles. The van der Waals surface area contributed by atoms with Crippen molar-refractivity contribution >= 4 is 45.3 Å². The largest absolute Gasteiger partial charge is 0.268 e. The minimum absolute atomic E-state index is 0.0133. The monoisotopic (exact) mass is 408 g/mol. The molecular weight excluding hydrogens is 395 g/mol. The van der Waals surface area contributed by atoms with Crippen molar-refractivity contribution < 1.29 is 0 Å². The van der Waals surface area contributed by atoms with Crippen LogP contribution in [-0.4, -0.2) is 15.3 Å². The van der Waals surface area contributed by atoms with Gasteiger partial charge in [0.2, 0.25) is 0 Å². The van der Waals surface area contributed by atoms with Crippen LogP contribution >= 0.6 is 34.4 Å². The molecule has 106 valence electrons. The fraction of sp³-hybridized carbons (Fsp3) is 0.125. The zero-order valence-corrected chi connectivity index (χ0v) is 14.4. The smallest absolute Gasteiger partial charge is 0.266 e. The van der Waals surface area contributed by atoms with Gasteiger partial charge in [0.15, 0.2) is 5.16 Å². The van der Waals surface area contributed by atoms with Crippen LogP contribution in [0.3, 0.4) is 0 Å². The second-order valence-corrected chi connectivity index (χ2v) is 6.94. The molecule has 0 N–H and O–H groups in total. The van der Waals surface area contributed by atoms with E-state index in [2.05, 4.69) is 34.5 Å². The zero-order valence-electron chi connectivity index (χ0n) is 11.4. The summed E-state index contributed by atoms with van der Waals surface area (Å²) in [5, 5.41) is 1.40. The van der Waals surface area contributed by atoms with Gasteiger partial charge in [-0.3, -0.25) is 9.36 Å². The van der Waals surface area contributed by atoms with Crippen LogP contribution in [0.15, 0.2) is 58.5 Å². The summed E-state index contributed by atoms with van der Waals surface area (Å²) in [6, 6.07) is 15.5. The van der Waals surface area contributed by atoms with Crippen LogP contribution < -0.4 is 5.56 Å². The average Bonchev–Trinajstić information content (AvgIpc) is 2.50. The summed E-state index contributed by atoms with van der Waals surface area (Å²) >= 11 is 3.80. The third kappa shape index (κ3) is 2.85. The Morgan fingerprint density at radius 3 is 2.67 bits per heavy atom. The van der Waals surface area contributed by atoms with Gasteiger partial charge in [-0.1, -0.05) is 36.9 Å². The molecule has 0 amide bonds. The molecule has 0 unspecified atom stereocenters. The number of fused-ring (bicyclic) bond motifs is 1. The highest BCUT2D eigenvalue weighted by molar-refractivity contribution is 14.1. The molecule has 2 aromatic carbocycles. The highest BCUT2D eigenvalue weighted by Crippen LogP contribution is 2.21. The van der Waals surface area contributed by atoms with Crippen molar-refractivity contribution in [1.29, 1.82) is 0 Å². The Hall–Kier alpha value is -1.34. The van der Waals surface area contributed by atoms with Crippen molar-refractivity contribution in [2.24, 2.45) is 0 Å². The van der Waals surface area contributed by atoms with Gasteiger partial charge >= 0.3 is 0 Å². The molecule has 0 radical (unpaired) electrons. The highest BCUT2D eigenvalue weighted by atomic mass is 127. The van der Waals surface area contributed by atoms with Crippen LogP contribution in [0.2, 0.25) is 0 Å². The third-order valence-electron chi connectivity index (χ3n) is 3.09. The first kappa shape index (κ1) is 14.6. The number of para-hydroxylation sites is 1. The molecule has 0 aliphatic rings. The minimum atomic E-state index is -0.0133. The maximum Gasteiger partial charge on any atom is 0.266 e. The van der Waals surface area contributed by atoms with Crippen molar-refractivity contribution in [2.75, 3.05) is 5.75 Å². The van der Waals surface area contributed by atoms with Gasteiger partial charge in [-0.25, -0.2) is 4.98 Å². The van der Waals surface area contributed by atoms with E-state index in [1.165, 1.54) is 0 Å². The van der Waals surface area contributed by atoms with Crippen LogP contribution in [0.4, 0.5) is 0 Å². The van der Waals surface area contributed by atoms with Gasteiger partial charge in [0.25, 0.3) is 5.56 Å². The predicted octanol–water partition coefficient (Wildman–Crippen LogP) is 4.10. The number of aromatic nitrogens is 2. The quantitative estimate of drug-likeness (QED) is 0.372. The Morgan fingerprint density at radius 1 is 1.19 bits per heavy atom. The lowest BCUT2D eigenvalue weighted by Crippen LogP contribution is -2.21. The van der Waals surface area contributed by atoms with Crippen LogP contribution in [0, 0.1) is 3.57 Å². The lowest BCUT2D eigenvalue weighted by molar-refractivity contribution is 0.820. The molecule has 1 aromatic heterocycles. The second-order valence-electron chi connectivity index (χ2n) is 4.46. The maximum absolute atomic E-state index is 12.9. The second kappa shape index (κ2) is 6.19. The Bertz CT molecular complexity index is 846. The number of benzene rings is 2. The van der Waals surface area contributed by atoms with E-state index < -0.39 is 0 Å². The summed E-state index contributed by atoms with van der Waals surface area (Å²) in [6.45, 7) is 2.06. The summed E-state index contributed by atoms with van der Waals surface area (Å²) in [5.41, 5.74) is 1.59. The molecule has 21 heavy (non-hydrogen) atoms. The van der Waals surface area contributed by atoms with Crippen LogP contribution in [-0.2, 0) is 0 Å². The third-order valence-corrected chi connectivity index (χ3v) is 4.58. The number of rotatable bonds is 3. The van der Waals surface area contributed by atoms with E-state index in [4.69, 9.17) is 0 Å². The first-order chi connectivity index (χ1) is 10.2. The molecular formula is C16H13IN2OS. The Labute approximate surface area is 140 Å². The molecule has 5 heteroatoms. The lowest BCUT2D eigenvalue weighted by Gasteiger charge is -2.12. The molecule has 0 spiro atoms. The van der Waals surface area contributed by atoms with Crippen LogP contribution in [0.25, 0.3) is 16.6 Å². The molecule has 0 saturated carbocycles. The van der Waals surface area contributed by atoms with E-state index >= 15 is 0 Å². The van der Waals surface area contributed by atoms with Crippen molar-refractivity contribution in [3.63, 3.8) is 0 Å². The highest BCUT2D eigenvalue weighted by Gasteiger charge is 2.12. The Kier molecular flexibility index (Phi) is 4.30. The molecule has 3 aromatic rings. The SMILES string of the molecule is CCSc1nc2ccc(I)cc2c(=O)n1-c1ccccc1. The molecule has 0 atom stereocenters. The molecule has 0 fully saturated rings. The number of hydrogen-bond acceptors (Lipinski definition) is 3. The number of hydrogen-bond donors (Lipinski definition) is 0. The fourth-order valence-electron chi connectivity index (χ4n) is 2.17. The van der Waals surface area contributed by atoms with Crippen molar-refractivity contribution in [3.8, 4) is 5.69 Å². The number of halogens is 1. The molecule has 3 nitrogen and oxygen atoms in total. The normalized spacial score (nSPS) is 11.0. The minimum Gasteiger partial charge on any atom is -0.268 e. The van der Waals surface area contributed by atoms with Gasteiger partial charge < -0.3 is 0 Å². The molecule has 0 bridgehead atoms. The van der Waals surface area contributed by atoms with Crippen molar-refractivity contribution in [1.82, 2.24) is 9.55 Å². The van der Waals surface area contributed by atoms with Crippen LogP contribution in [0.1, 0.15) is 6.92 Å². The van der Waals surface area contributed by atoms with Gasteiger partial charge in [0, 0.05) is 3.57 Å². The summed E-state index contributed by atoms with van der Waals surface area (Å²) < 4.78 is 2.74. The average molecular weight is 408 g/mol. The van der Waals surface area contributed by atoms with Gasteiger partial charge in [0.05, 0.1) is 16.6 Å². The lowest BCUT2D eigenvalue weighted by atomic mass is 10.2. The standard InChI is InChI=1S/C16H13IN2OS/c1-2-21-16-18-14-9-8-11(17)10-13(14)15(20)19(16)12-6-4-3-5-7-12/h3-10H,2H2,1H3. The van der Waals surface area contributed by atoms with Crippen LogP contribution in [0.5, 0.6) is 0 Å². The predicted molar refractivity (Wildman–Crippen MR) is 96.5 cm³/mol. The molecule has 1 heterocycles. The van der Waals surface area contributed by atoms with Gasteiger partial charge in [-0.15, -0.1) is 0 Å².